The number of carbonyl (C=O) groups is 2. The Kier molecular flexibility index (Phi) is 6.75. The van der Waals surface area contributed by atoms with Gasteiger partial charge in [0.15, 0.2) is 16.4 Å². The molecular weight excluding hydrogens is 318 g/mol. The predicted octanol–water partition coefficient (Wildman–Crippen LogP) is 1.80. The van der Waals surface area contributed by atoms with Gasteiger partial charge in [-0.15, -0.1) is 0 Å². The van der Waals surface area contributed by atoms with Crippen LogP contribution in [-0.4, -0.2) is 38.7 Å². The highest BCUT2D eigenvalue weighted by Gasteiger charge is 2.22. The third-order valence-electron chi connectivity index (χ3n) is 3.55. The van der Waals surface area contributed by atoms with Crippen molar-refractivity contribution in [1.29, 1.82) is 0 Å². The second-order valence-electron chi connectivity index (χ2n) is 5.58. The van der Waals surface area contributed by atoms with Crippen molar-refractivity contribution in [3.05, 3.63) is 29.8 Å². The van der Waals surface area contributed by atoms with Gasteiger partial charge >= 0.3 is 5.97 Å². The lowest BCUT2D eigenvalue weighted by Gasteiger charge is -2.17. The summed E-state index contributed by atoms with van der Waals surface area (Å²) in [7, 11) is -3.54. The molecule has 1 aromatic rings. The van der Waals surface area contributed by atoms with E-state index in [2.05, 4.69) is 5.32 Å². The first-order chi connectivity index (χ1) is 10.7. The summed E-state index contributed by atoms with van der Waals surface area (Å²) in [6, 6.07) is 5.77. The molecule has 0 aliphatic carbocycles. The first kappa shape index (κ1) is 19.2. The van der Waals surface area contributed by atoms with Gasteiger partial charge in [-0.3, -0.25) is 4.79 Å². The van der Waals surface area contributed by atoms with E-state index in [-0.39, 0.29) is 28.2 Å². The topological polar surface area (TPSA) is 89.5 Å². The Labute approximate surface area is 137 Å². The quantitative estimate of drug-likeness (QED) is 0.764. The Bertz CT molecular complexity index is 667. The number of ether oxygens (including phenoxy) is 1. The van der Waals surface area contributed by atoms with Crippen LogP contribution in [0.3, 0.4) is 0 Å². The fourth-order valence-corrected chi connectivity index (χ4v) is 2.82. The van der Waals surface area contributed by atoms with Gasteiger partial charge in [0, 0.05) is 6.04 Å². The highest BCUT2D eigenvalue weighted by atomic mass is 32.2. The average molecular weight is 341 g/mol. The molecule has 1 rings (SSSR count). The summed E-state index contributed by atoms with van der Waals surface area (Å²) in [4.78, 5) is 23.7. The zero-order chi connectivity index (χ0) is 17.6. The van der Waals surface area contributed by atoms with Gasteiger partial charge < -0.3 is 10.1 Å². The first-order valence-corrected chi connectivity index (χ1v) is 9.12. The molecule has 0 aliphatic rings. The molecule has 0 aromatic heterocycles. The second kappa shape index (κ2) is 8.10. The Morgan fingerprint density at radius 1 is 1.17 bits per heavy atom. The van der Waals surface area contributed by atoms with Gasteiger partial charge in [-0.2, -0.15) is 0 Å². The van der Waals surface area contributed by atoms with Crippen molar-refractivity contribution in [2.24, 2.45) is 5.92 Å². The van der Waals surface area contributed by atoms with Gasteiger partial charge in [-0.25, -0.2) is 13.2 Å². The van der Waals surface area contributed by atoms with Gasteiger partial charge in [0.05, 0.1) is 16.2 Å². The van der Waals surface area contributed by atoms with Crippen molar-refractivity contribution < 1.29 is 22.7 Å². The van der Waals surface area contributed by atoms with Crippen LogP contribution in [0.15, 0.2) is 29.2 Å². The van der Waals surface area contributed by atoms with E-state index in [0.717, 1.165) is 0 Å². The largest absolute Gasteiger partial charge is 0.452 e. The van der Waals surface area contributed by atoms with E-state index in [1.165, 1.54) is 25.1 Å². The highest BCUT2D eigenvalue weighted by molar-refractivity contribution is 7.91. The lowest BCUT2D eigenvalue weighted by Crippen LogP contribution is -2.38. The van der Waals surface area contributed by atoms with Crippen LogP contribution < -0.4 is 5.32 Å². The maximum Gasteiger partial charge on any atom is 0.339 e. The third-order valence-corrected chi connectivity index (χ3v) is 5.33. The number of carbonyl (C=O) groups excluding carboxylic acids is 2. The minimum atomic E-state index is -3.54. The lowest BCUT2D eigenvalue weighted by atomic mass is 10.1. The zero-order valence-corrected chi connectivity index (χ0v) is 14.6. The number of esters is 1. The fraction of sp³-hybridized carbons (Fsp3) is 0.500. The van der Waals surface area contributed by atoms with Crippen LogP contribution in [0.25, 0.3) is 0 Å². The van der Waals surface area contributed by atoms with Crippen molar-refractivity contribution in [1.82, 2.24) is 5.32 Å². The summed E-state index contributed by atoms with van der Waals surface area (Å²) in [6.45, 7) is 6.83. The van der Waals surface area contributed by atoms with Gasteiger partial charge in [-0.05, 0) is 25.0 Å². The van der Waals surface area contributed by atoms with Crippen LogP contribution in [0.5, 0.6) is 0 Å². The van der Waals surface area contributed by atoms with Crippen molar-refractivity contribution in [2.45, 2.75) is 38.6 Å². The predicted molar refractivity (Wildman–Crippen MR) is 86.9 cm³/mol. The lowest BCUT2D eigenvalue weighted by molar-refractivity contribution is -0.125. The summed E-state index contributed by atoms with van der Waals surface area (Å²) < 4.78 is 28.9. The summed E-state index contributed by atoms with van der Waals surface area (Å²) in [5.74, 6) is -1.12. The number of rotatable bonds is 7. The van der Waals surface area contributed by atoms with Crippen LogP contribution in [-0.2, 0) is 19.4 Å². The van der Waals surface area contributed by atoms with E-state index in [1.807, 2.05) is 20.8 Å². The monoisotopic (exact) mass is 341 g/mol. The molecule has 6 nitrogen and oxygen atoms in total. The summed E-state index contributed by atoms with van der Waals surface area (Å²) >= 11 is 0. The average Bonchev–Trinajstić information content (AvgIpc) is 2.52. The van der Waals surface area contributed by atoms with Crippen LogP contribution in [0.2, 0.25) is 0 Å². The van der Waals surface area contributed by atoms with E-state index < -0.39 is 28.3 Å². The van der Waals surface area contributed by atoms with Crippen LogP contribution in [0, 0.1) is 5.92 Å². The summed E-state index contributed by atoms with van der Waals surface area (Å²) in [6.07, 6.45) is 0. The number of sulfone groups is 1. The highest BCUT2D eigenvalue weighted by Crippen LogP contribution is 2.18. The Balaban J connectivity index is 2.79. The molecule has 0 unspecified atom stereocenters. The normalized spacial score (nSPS) is 12.7. The molecule has 1 amide bonds. The van der Waals surface area contributed by atoms with Gasteiger partial charge in [0.25, 0.3) is 5.91 Å². The first-order valence-electron chi connectivity index (χ1n) is 7.47. The van der Waals surface area contributed by atoms with E-state index in [0.29, 0.717) is 0 Å². The molecule has 0 bridgehead atoms. The molecule has 23 heavy (non-hydrogen) atoms. The molecule has 0 heterocycles. The van der Waals surface area contributed by atoms with Crippen LogP contribution >= 0.6 is 0 Å². The molecule has 128 valence electrons. The van der Waals surface area contributed by atoms with E-state index in [9.17, 15) is 18.0 Å². The van der Waals surface area contributed by atoms with Crippen molar-refractivity contribution in [2.75, 3.05) is 12.4 Å². The Hall–Kier alpha value is -1.89. The van der Waals surface area contributed by atoms with Crippen molar-refractivity contribution in [3.63, 3.8) is 0 Å². The Morgan fingerprint density at radius 3 is 2.35 bits per heavy atom. The van der Waals surface area contributed by atoms with Gasteiger partial charge in [-0.1, -0.05) is 32.9 Å². The number of benzene rings is 1. The molecule has 0 aliphatic heterocycles. The van der Waals surface area contributed by atoms with Gasteiger partial charge in [0.1, 0.15) is 0 Å². The number of hydrogen-bond donors (Lipinski definition) is 1. The van der Waals surface area contributed by atoms with Crippen molar-refractivity contribution >= 4 is 21.7 Å². The molecule has 0 saturated heterocycles. The van der Waals surface area contributed by atoms with E-state index in [1.54, 1.807) is 6.07 Å². The SMILES string of the molecule is CCS(=O)(=O)c1ccccc1C(=O)OCC(=O)N[C@H](C)C(C)C. The van der Waals surface area contributed by atoms with Crippen molar-refractivity contribution in [3.8, 4) is 0 Å². The minimum Gasteiger partial charge on any atom is -0.452 e. The maximum atomic E-state index is 12.1. The summed E-state index contributed by atoms with van der Waals surface area (Å²) in [5.41, 5.74) is -0.0564. The molecule has 1 atom stereocenters. The van der Waals surface area contributed by atoms with E-state index >= 15 is 0 Å². The smallest absolute Gasteiger partial charge is 0.339 e. The fourth-order valence-electron chi connectivity index (χ4n) is 1.73. The number of amides is 1. The molecular formula is C16H23NO5S. The molecule has 7 heteroatoms. The molecule has 0 saturated carbocycles. The number of hydrogen-bond acceptors (Lipinski definition) is 5. The zero-order valence-electron chi connectivity index (χ0n) is 13.8. The summed E-state index contributed by atoms with van der Waals surface area (Å²) in [5, 5.41) is 2.71. The molecule has 1 N–H and O–H groups in total. The second-order valence-corrected chi connectivity index (χ2v) is 7.82. The Morgan fingerprint density at radius 2 is 1.78 bits per heavy atom. The van der Waals surface area contributed by atoms with E-state index in [4.69, 9.17) is 4.74 Å². The molecule has 1 aromatic carbocycles. The van der Waals surface area contributed by atoms with Gasteiger partial charge in [0.2, 0.25) is 0 Å². The number of nitrogens with one attached hydrogen (secondary N) is 1. The molecule has 0 radical (unpaired) electrons. The van der Waals surface area contributed by atoms with Crippen LogP contribution in [0.1, 0.15) is 38.1 Å². The van der Waals surface area contributed by atoms with Crippen LogP contribution in [0.4, 0.5) is 0 Å². The third kappa shape index (κ3) is 5.35. The minimum absolute atomic E-state index is 0.0473. The maximum absolute atomic E-state index is 12.1. The molecule has 0 spiro atoms. The molecule has 0 fully saturated rings. The standard InChI is InChI=1S/C16H23NO5S/c1-5-23(20,21)14-9-7-6-8-13(14)16(19)22-10-15(18)17-12(4)11(2)3/h6-9,11-12H,5,10H2,1-4H3,(H,17,18)/t12-/m1/s1.